The van der Waals surface area contributed by atoms with Gasteiger partial charge in [-0.05, 0) is 29.7 Å². The highest BCUT2D eigenvalue weighted by Crippen LogP contribution is 2.23. The molecule has 0 saturated carbocycles. The smallest absolute Gasteiger partial charge is 0.274 e. The lowest BCUT2D eigenvalue weighted by Crippen LogP contribution is -2.51. The van der Waals surface area contributed by atoms with Crippen molar-refractivity contribution in [3.05, 3.63) is 66.9 Å². The summed E-state index contributed by atoms with van der Waals surface area (Å²) >= 11 is 5.66. The lowest BCUT2D eigenvalue weighted by Gasteiger charge is -2.32. The van der Waals surface area contributed by atoms with E-state index in [-0.39, 0.29) is 0 Å². The number of rotatable bonds is 2. The van der Waals surface area contributed by atoms with Crippen molar-refractivity contribution in [2.75, 3.05) is 36.4 Å². The van der Waals surface area contributed by atoms with Gasteiger partial charge in [0.2, 0.25) is 0 Å². The molecule has 2 aromatic carbocycles. The Labute approximate surface area is 153 Å². The summed E-state index contributed by atoms with van der Waals surface area (Å²) in [6.07, 6.45) is 1.97. The predicted molar refractivity (Wildman–Crippen MR) is 107 cm³/mol. The number of benzene rings is 2. The third-order valence-electron chi connectivity index (χ3n) is 4.63. The first-order valence-electron chi connectivity index (χ1n) is 8.56. The number of pyridine rings is 1. The van der Waals surface area contributed by atoms with Gasteiger partial charge in [0.05, 0.1) is 19.3 Å². The van der Waals surface area contributed by atoms with E-state index in [4.69, 9.17) is 12.2 Å². The average Bonchev–Trinajstić information content (AvgIpc) is 2.69. The molecule has 0 unspecified atom stereocenters. The number of hydrogen-bond acceptors (Lipinski definition) is 2. The maximum atomic E-state index is 5.66. The molecule has 4 nitrogen and oxygen atoms in total. The summed E-state index contributed by atoms with van der Waals surface area (Å²) in [4.78, 5) is 7.91. The topological polar surface area (TPSA) is 32.6 Å². The van der Waals surface area contributed by atoms with Crippen LogP contribution in [-0.4, -0.2) is 36.2 Å². The molecule has 3 aromatic rings. The monoisotopic (exact) mass is 349 g/mol. The van der Waals surface area contributed by atoms with Gasteiger partial charge >= 0.3 is 0 Å². The Morgan fingerprint density at radius 1 is 0.880 bits per heavy atom. The molecule has 1 saturated heterocycles. The van der Waals surface area contributed by atoms with E-state index in [0.717, 1.165) is 42.8 Å². The third kappa shape index (κ3) is 3.42. The van der Waals surface area contributed by atoms with Gasteiger partial charge in [-0.15, -0.1) is 0 Å². The maximum absolute atomic E-state index is 5.66. The van der Waals surface area contributed by atoms with Crippen LogP contribution in [0.2, 0.25) is 0 Å². The maximum Gasteiger partial charge on any atom is 0.274 e. The number of aromatic nitrogens is 1. The van der Waals surface area contributed by atoms with Crippen molar-refractivity contribution in [3.8, 4) is 0 Å². The molecule has 2 N–H and O–H groups in total. The molecule has 1 aliphatic heterocycles. The van der Waals surface area contributed by atoms with Gasteiger partial charge in [-0.1, -0.05) is 42.5 Å². The van der Waals surface area contributed by atoms with Crippen LogP contribution >= 0.6 is 12.2 Å². The van der Waals surface area contributed by atoms with E-state index in [9.17, 15) is 0 Å². The van der Waals surface area contributed by atoms with Crippen molar-refractivity contribution in [3.63, 3.8) is 0 Å². The molecule has 5 heteroatoms. The fourth-order valence-corrected chi connectivity index (χ4v) is 3.55. The molecular formula is C20H21N4S+. The number of aromatic amines is 1. The third-order valence-corrected chi connectivity index (χ3v) is 4.99. The normalized spacial score (nSPS) is 14.6. The summed E-state index contributed by atoms with van der Waals surface area (Å²) in [5.74, 6) is 1.16. The zero-order valence-corrected chi connectivity index (χ0v) is 14.8. The van der Waals surface area contributed by atoms with E-state index in [1.54, 1.807) is 0 Å². The van der Waals surface area contributed by atoms with Gasteiger partial charge in [0.25, 0.3) is 5.82 Å². The second-order valence-electron chi connectivity index (χ2n) is 6.18. The summed E-state index contributed by atoms with van der Waals surface area (Å²) < 4.78 is 0. The second kappa shape index (κ2) is 7.07. The van der Waals surface area contributed by atoms with Gasteiger partial charge in [0, 0.05) is 17.1 Å². The van der Waals surface area contributed by atoms with Crippen LogP contribution in [0.1, 0.15) is 0 Å². The number of piperazine rings is 1. The van der Waals surface area contributed by atoms with Crippen LogP contribution in [0.25, 0.3) is 10.8 Å². The molecule has 0 bridgehead atoms. The van der Waals surface area contributed by atoms with E-state index in [1.807, 2.05) is 12.3 Å². The predicted octanol–water partition coefficient (Wildman–Crippen LogP) is 3.17. The fraction of sp³-hybridized carbons (Fsp3) is 0.200. The molecule has 4 rings (SSSR count). The van der Waals surface area contributed by atoms with Crippen molar-refractivity contribution in [2.45, 2.75) is 0 Å². The Hall–Kier alpha value is -2.66. The highest BCUT2D eigenvalue weighted by molar-refractivity contribution is 7.80. The number of H-pyrrole nitrogens is 1. The van der Waals surface area contributed by atoms with Crippen LogP contribution in [0.4, 0.5) is 11.5 Å². The molecule has 1 fully saturated rings. The Bertz CT molecular complexity index is 868. The van der Waals surface area contributed by atoms with Crippen LogP contribution in [0.15, 0.2) is 66.9 Å². The van der Waals surface area contributed by atoms with Crippen LogP contribution in [0.5, 0.6) is 0 Å². The molecule has 126 valence electrons. The molecule has 0 radical (unpaired) electrons. The van der Waals surface area contributed by atoms with Crippen molar-refractivity contribution in [1.29, 1.82) is 0 Å². The number of hydrogen-bond donors (Lipinski definition) is 1. The van der Waals surface area contributed by atoms with E-state index in [0.29, 0.717) is 0 Å². The molecule has 0 aliphatic carbocycles. The molecule has 1 aliphatic rings. The van der Waals surface area contributed by atoms with Crippen LogP contribution in [0, 0.1) is 0 Å². The molecule has 0 atom stereocenters. The minimum atomic E-state index is 0.799. The van der Waals surface area contributed by atoms with E-state index in [1.165, 1.54) is 10.8 Å². The van der Waals surface area contributed by atoms with Gasteiger partial charge < -0.3 is 10.2 Å². The summed E-state index contributed by atoms with van der Waals surface area (Å²) in [5.41, 5.74) is 1.07. The first kappa shape index (κ1) is 15.8. The van der Waals surface area contributed by atoms with Crippen molar-refractivity contribution in [1.82, 2.24) is 4.90 Å². The number of thiocarbonyl (C=S) groups is 1. The van der Waals surface area contributed by atoms with E-state index in [2.05, 4.69) is 74.7 Å². The molecule has 0 amide bonds. The number of nitrogens with zero attached hydrogens (tertiary/aromatic N) is 2. The SMILES string of the molecule is S=C(Nc1cccc2ccccc12)N1CCN(c2cccc[nH+]2)CC1. The zero-order chi connectivity index (χ0) is 17.1. The quantitative estimate of drug-likeness (QED) is 0.721. The summed E-state index contributed by atoms with van der Waals surface area (Å²) in [6, 6.07) is 20.8. The number of fused-ring (bicyclic) bond motifs is 1. The fourth-order valence-electron chi connectivity index (χ4n) is 3.26. The number of anilines is 2. The molecule has 1 aromatic heterocycles. The summed E-state index contributed by atoms with van der Waals surface area (Å²) in [7, 11) is 0. The molecule has 25 heavy (non-hydrogen) atoms. The molecule has 2 heterocycles. The Morgan fingerprint density at radius 2 is 1.64 bits per heavy atom. The standard InChI is InChI=1S/C20H20N4S/c25-20(22-18-9-5-7-16-6-1-2-8-17(16)18)24-14-12-23(13-15-24)19-10-3-4-11-21-19/h1-11H,12-15H2,(H,22,25)/p+1. The highest BCUT2D eigenvalue weighted by Gasteiger charge is 2.24. The number of nitrogens with one attached hydrogen (secondary N) is 2. The lowest BCUT2D eigenvalue weighted by atomic mass is 10.1. The summed E-state index contributed by atoms with van der Waals surface area (Å²) in [5, 5.41) is 6.66. The average molecular weight is 349 g/mol. The van der Waals surface area contributed by atoms with Crippen LogP contribution < -0.4 is 15.2 Å². The Kier molecular flexibility index (Phi) is 4.48. The minimum absolute atomic E-state index is 0.799. The highest BCUT2D eigenvalue weighted by atomic mass is 32.1. The molecule has 0 spiro atoms. The van der Waals surface area contributed by atoms with Crippen molar-refractivity contribution >= 4 is 39.6 Å². The van der Waals surface area contributed by atoms with E-state index < -0.39 is 0 Å². The van der Waals surface area contributed by atoms with Gasteiger partial charge in [-0.3, -0.25) is 4.90 Å². The van der Waals surface area contributed by atoms with Crippen molar-refractivity contribution in [2.24, 2.45) is 0 Å². The van der Waals surface area contributed by atoms with Gasteiger partial charge in [0.1, 0.15) is 13.1 Å². The van der Waals surface area contributed by atoms with Gasteiger partial charge in [-0.2, -0.15) is 0 Å². The lowest BCUT2D eigenvalue weighted by molar-refractivity contribution is -0.364. The van der Waals surface area contributed by atoms with E-state index >= 15 is 0 Å². The molecular weight excluding hydrogens is 328 g/mol. The largest absolute Gasteiger partial charge is 0.341 e. The van der Waals surface area contributed by atoms with Gasteiger partial charge in [-0.25, -0.2) is 4.98 Å². The van der Waals surface area contributed by atoms with Crippen molar-refractivity contribution < 1.29 is 4.98 Å². The first-order valence-corrected chi connectivity index (χ1v) is 8.97. The Balaban J connectivity index is 1.42. The van der Waals surface area contributed by atoms with Crippen LogP contribution in [0.3, 0.4) is 0 Å². The zero-order valence-electron chi connectivity index (χ0n) is 14.0. The minimum Gasteiger partial charge on any atom is -0.341 e. The summed E-state index contributed by atoms with van der Waals surface area (Å²) in [6.45, 7) is 3.74. The first-order chi connectivity index (χ1) is 12.3. The van der Waals surface area contributed by atoms with Crippen LogP contribution in [-0.2, 0) is 0 Å². The Morgan fingerprint density at radius 3 is 2.44 bits per heavy atom. The second-order valence-corrected chi connectivity index (χ2v) is 6.57. The van der Waals surface area contributed by atoms with Gasteiger partial charge in [0.15, 0.2) is 5.11 Å².